The van der Waals surface area contributed by atoms with Gasteiger partial charge in [0.2, 0.25) is 0 Å². The van der Waals surface area contributed by atoms with Gasteiger partial charge >= 0.3 is 5.97 Å². The van der Waals surface area contributed by atoms with Crippen LogP contribution < -0.4 is 16.2 Å². The number of nitrogens with zero attached hydrogens (tertiary/aromatic N) is 3. The monoisotopic (exact) mass is 413 g/mol. The van der Waals surface area contributed by atoms with Gasteiger partial charge in [0, 0.05) is 22.5 Å². The van der Waals surface area contributed by atoms with Gasteiger partial charge in [-0.25, -0.2) is 9.48 Å². The van der Waals surface area contributed by atoms with Crippen LogP contribution in [0, 0.1) is 13.8 Å². The minimum atomic E-state index is -0.740. The molecule has 0 spiro atoms. The molecular weight excluding hydrogens is 394 g/mol. The van der Waals surface area contributed by atoms with Crippen LogP contribution in [-0.2, 0) is 11.6 Å². The maximum absolute atomic E-state index is 12.2. The average molecular weight is 414 g/mol. The number of aryl methyl sites for hydroxylation is 1. The lowest BCUT2D eigenvalue weighted by Crippen LogP contribution is -2.17. The van der Waals surface area contributed by atoms with Gasteiger partial charge in [-0.05, 0) is 55.3 Å². The molecule has 0 saturated heterocycles. The van der Waals surface area contributed by atoms with Crippen molar-refractivity contribution in [3.63, 3.8) is 0 Å². The first kappa shape index (κ1) is 20.2. The fourth-order valence-electron chi connectivity index (χ4n) is 2.51. The molecule has 2 aromatic carbocycles. The molecular formula is C20H20ClN5O3. The third kappa shape index (κ3) is 4.85. The van der Waals surface area contributed by atoms with E-state index < -0.39 is 5.97 Å². The van der Waals surface area contributed by atoms with Gasteiger partial charge in [-0.1, -0.05) is 28.9 Å². The van der Waals surface area contributed by atoms with Gasteiger partial charge in [-0.2, -0.15) is 5.10 Å². The Morgan fingerprint density at radius 3 is 2.79 bits per heavy atom. The molecule has 3 aromatic rings. The van der Waals surface area contributed by atoms with Gasteiger partial charge in [0.1, 0.15) is 5.75 Å². The van der Waals surface area contributed by atoms with Gasteiger partial charge in [0.15, 0.2) is 18.3 Å². The molecule has 0 bridgehead atoms. The molecule has 0 unspecified atom stereocenters. The van der Waals surface area contributed by atoms with E-state index in [0.717, 1.165) is 11.1 Å². The molecule has 0 aliphatic heterocycles. The lowest BCUT2D eigenvalue weighted by Gasteiger charge is -2.07. The second kappa shape index (κ2) is 8.66. The average Bonchev–Trinajstić information content (AvgIpc) is 3.18. The second-order valence-corrected chi connectivity index (χ2v) is 6.71. The van der Waals surface area contributed by atoms with E-state index in [2.05, 4.69) is 10.3 Å². The smallest absolute Gasteiger partial charge is 0.385 e. The molecule has 0 radical (unpaired) electrons. The van der Waals surface area contributed by atoms with Crippen molar-refractivity contribution in [2.45, 2.75) is 20.6 Å². The lowest BCUT2D eigenvalue weighted by molar-refractivity contribution is 0.0507. The van der Waals surface area contributed by atoms with Gasteiger partial charge in [-0.15, -0.1) is 0 Å². The highest BCUT2D eigenvalue weighted by atomic mass is 35.5. The summed E-state index contributed by atoms with van der Waals surface area (Å²) in [6, 6.07) is 12.0. The van der Waals surface area contributed by atoms with Crippen LogP contribution in [0.2, 0.25) is 5.02 Å². The first-order chi connectivity index (χ1) is 13.8. The number of hydrogen-bond donors (Lipinski definition) is 2. The number of nitrogens with two attached hydrogens (primary N) is 2. The summed E-state index contributed by atoms with van der Waals surface area (Å²) in [6.07, 6.45) is 1.59. The molecule has 0 saturated carbocycles. The third-order valence-electron chi connectivity index (χ3n) is 4.22. The van der Waals surface area contributed by atoms with Crippen molar-refractivity contribution in [3.8, 4) is 5.75 Å². The van der Waals surface area contributed by atoms with Crippen LogP contribution in [0.1, 0.15) is 27.2 Å². The number of oxime groups is 1. The van der Waals surface area contributed by atoms with E-state index in [4.69, 9.17) is 32.6 Å². The van der Waals surface area contributed by atoms with Crippen molar-refractivity contribution >= 4 is 29.1 Å². The highest BCUT2D eigenvalue weighted by molar-refractivity contribution is 6.31. The first-order valence-corrected chi connectivity index (χ1v) is 9.05. The predicted octanol–water partition coefficient (Wildman–Crippen LogP) is 3.25. The van der Waals surface area contributed by atoms with Gasteiger partial charge in [-0.3, -0.25) is 0 Å². The molecule has 0 fully saturated rings. The summed E-state index contributed by atoms with van der Waals surface area (Å²) in [6.45, 7) is 3.80. The zero-order valence-corrected chi connectivity index (χ0v) is 16.7. The largest absolute Gasteiger partial charge is 0.471 e. The molecule has 9 heteroatoms. The van der Waals surface area contributed by atoms with Gasteiger partial charge in [0.25, 0.3) is 0 Å². The number of carbonyl (C=O) groups excluding carboxylic acids is 1. The van der Waals surface area contributed by atoms with Crippen LogP contribution in [0.3, 0.4) is 0 Å². The summed E-state index contributed by atoms with van der Waals surface area (Å²) in [5, 5.41) is 8.46. The van der Waals surface area contributed by atoms with Crippen molar-refractivity contribution in [1.82, 2.24) is 9.78 Å². The molecule has 1 heterocycles. The summed E-state index contributed by atoms with van der Waals surface area (Å²) in [5.41, 5.74) is 14.6. The SMILES string of the molecule is Cc1cc(OCn2ccc(C(=O)O/N=C(\N)c3cccc(N)c3C)n2)ccc1Cl. The second-order valence-electron chi connectivity index (χ2n) is 6.30. The zero-order chi connectivity index (χ0) is 21.0. The predicted molar refractivity (Wildman–Crippen MR) is 111 cm³/mol. The minimum Gasteiger partial charge on any atom is -0.471 e. The van der Waals surface area contributed by atoms with Gasteiger partial charge in [0.05, 0.1) is 0 Å². The molecule has 0 aliphatic carbocycles. The molecule has 3 rings (SSSR count). The van der Waals surface area contributed by atoms with Crippen molar-refractivity contribution in [2.24, 2.45) is 10.9 Å². The van der Waals surface area contributed by atoms with E-state index in [1.54, 1.807) is 43.5 Å². The lowest BCUT2D eigenvalue weighted by atomic mass is 10.1. The summed E-state index contributed by atoms with van der Waals surface area (Å²) in [4.78, 5) is 17.1. The molecule has 8 nitrogen and oxygen atoms in total. The number of carbonyl (C=O) groups is 1. The van der Waals surface area contributed by atoms with Gasteiger partial charge < -0.3 is 21.0 Å². The third-order valence-corrected chi connectivity index (χ3v) is 4.65. The number of benzene rings is 2. The van der Waals surface area contributed by atoms with Crippen LogP contribution in [0.15, 0.2) is 53.8 Å². The van der Waals surface area contributed by atoms with Crippen LogP contribution in [0.4, 0.5) is 5.69 Å². The van der Waals surface area contributed by atoms with E-state index in [1.165, 1.54) is 10.7 Å². The number of ether oxygens (including phenoxy) is 1. The topological polar surface area (TPSA) is 118 Å². The number of anilines is 1. The molecule has 0 amide bonds. The molecule has 4 N–H and O–H groups in total. The Kier molecular flexibility index (Phi) is 6.04. The van der Waals surface area contributed by atoms with Crippen molar-refractivity contribution in [3.05, 3.63) is 76.1 Å². The van der Waals surface area contributed by atoms with Crippen LogP contribution >= 0.6 is 11.6 Å². The quantitative estimate of drug-likeness (QED) is 0.210. The Balaban J connectivity index is 1.61. The highest BCUT2D eigenvalue weighted by Gasteiger charge is 2.13. The van der Waals surface area contributed by atoms with E-state index in [1.807, 2.05) is 13.0 Å². The summed E-state index contributed by atoms with van der Waals surface area (Å²) in [5.74, 6) is -0.0546. The van der Waals surface area contributed by atoms with E-state index in [0.29, 0.717) is 22.0 Å². The summed E-state index contributed by atoms with van der Waals surface area (Å²) in [7, 11) is 0. The Labute approximate surface area is 172 Å². The van der Waals surface area contributed by atoms with Crippen LogP contribution in [0.25, 0.3) is 0 Å². The van der Waals surface area contributed by atoms with Crippen LogP contribution in [-0.4, -0.2) is 21.6 Å². The highest BCUT2D eigenvalue weighted by Crippen LogP contribution is 2.21. The Bertz CT molecular complexity index is 1080. The Hall–Kier alpha value is -3.52. The molecule has 29 heavy (non-hydrogen) atoms. The molecule has 150 valence electrons. The summed E-state index contributed by atoms with van der Waals surface area (Å²) < 4.78 is 7.09. The van der Waals surface area contributed by atoms with Crippen molar-refractivity contribution in [1.29, 1.82) is 0 Å². The number of nitrogen functional groups attached to an aromatic ring is 1. The van der Waals surface area contributed by atoms with Crippen molar-refractivity contribution < 1.29 is 14.4 Å². The molecule has 1 aromatic heterocycles. The fraction of sp³-hybridized carbons (Fsp3) is 0.150. The number of rotatable bonds is 6. The van der Waals surface area contributed by atoms with Crippen LogP contribution in [0.5, 0.6) is 5.75 Å². The number of amidine groups is 1. The Morgan fingerprint density at radius 1 is 1.24 bits per heavy atom. The minimum absolute atomic E-state index is 0.0454. The molecule has 0 atom stereocenters. The maximum Gasteiger partial charge on any atom is 0.385 e. The molecule has 0 aliphatic rings. The van der Waals surface area contributed by atoms with E-state index in [9.17, 15) is 4.79 Å². The fourth-order valence-corrected chi connectivity index (χ4v) is 2.63. The van der Waals surface area contributed by atoms with E-state index in [-0.39, 0.29) is 18.3 Å². The van der Waals surface area contributed by atoms with Crippen molar-refractivity contribution in [2.75, 3.05) is 5.73 Å². The summed E-state index contributed by atoms with van der Waals surface area (Å²) >= 11 is 5.99. The van der Waals surface area contributed by atoms with E-state index >= 15 is 0 Å². The number of hydrogen-bond acceptors (Lipinski definition) is 6. The Morgan fingerprint density at radius 2 is 2.03 bits per heavy atom. The number of halogens is 1. The normalized spacial score (nSPS) is 11.3. The number of aromatic nitrogens is 2. The first-order valence-electron chi connectivity index (χ1n) is 8.68. The maximum atomic E-state index is 12.2. The standard InChI is InChI=1S/C20H20ClN5O3/c1-12-10-14(6-7-16(12)21)28-11-26-9-8-18(24-26)20(27)29-25-19(23)15-4-3-5-17(22)13(15)2/h3-10H,11,22H2,1-2H3,(H2,23,25). The zero-order valence-electron chi connectivity index (χ0n) is 15.9.